The van der Waals surface area contributed by atoms with E-state index in [2.05, 4.69) is 89.9 Å². The number of benzene rings is 1. The lowest BCUT2D eigenvalue weighted by Crippen LogP contribution is -2.30. The highest BCUT2D eigenvalue weighted by Gasteiger charge is 2.18. The van der Waals surface area contributed by atoms with Crippen LogP contribution in [0.3, 0.4) is 0 Å². The molecule has 1 saturated heterocycles. The number of piperidine rings is 1. The number of ketones is 1. The van der Waals surface area contributed by atoms with E-state index >= 15 is 0 Å². The highest BCUT2D eigenvalue weighted by molar-refractivity contribution is 5.76. The zero-order valence-electron chi connectivity index (χ0n) is 31.3. The molecule has 1 aliphatic heterocycles. The monoisotopic (exact) mass is 646 g/mol. The van der Waals surface area contributed by atoms with Gasteiger partial charge in [0, 0.05) is 6.42 Å². The van der Waals surface area contributed by atoms with E-state index in [1.165, 1.54) is 33.4 Å². The summed E-state index contributed by atoms with van der Waals surface area (Å²) in [5.41, 5.74) is 7.73. The molecule has 0 aliphatic carbocycles. The molecular formula is C43H67NO3. The fraction of sp³-hybridized carbons (Fsp3) is 0.605. The predicted octanol–water partition coefficient (Wildman–Crippen LogP) is 11.6. The lowest BCUT2D eigenvalue weighted by Gasteiger charge is -2.24. The van der Waals surface area contributed by atoms with Crippen LogP contribution in [0, 0.1) is 24.7 Å². The summed E-state index contributed by atoms with van der Waals surface area (Å²) in [5, 5.41) is 3.45. The van der Waals surface area contributed by atoms with E-state index in [0.29, 0.717) is 30.0 Å². The van der Waals surface area contributed by atoms with Crippen LogP contribution in [0.1, 0.15) is 130 Å². The summed E-state index contributed by atoms with van der Waals surface area (Å²) in [6.45, 7) is 21.9. The number of nitrogens with one attached hydrogen (secondary N) is 1. The number of ether oxygens (including phenoxy) is 2. The van der Waals surface area contributed by atoms with Crippen molar-refractivity contribution in [2.75, 3.05) is 26.8 Å². The van der Waals surface area contributed by atoms with Gasteiger partial charge in [-0.3, -0.25) is 0 Å². The minimum atomic E-state index is 0.300. The second-order valence-corrected chi connectivity index (χ2v) is 14.1. The van der Waals surface area contributed by atoms with Gasteiger partial charge in [0.15, 0.2) is 11.5 Å². The summed E-state index contributed by atoms with van der Waals surface area (Å²) in [4.78, 5) is 12.0. The van der Waals surface area contributed by atoms with Gasteiger partial charge in [-0.15, -0.1) is 6.58 Å². The lowest BCUT2D eigenvalue weighted by molar-refractivity contribution is -0.118. The number of allylic oxidation sites excluding steroid dienone is 9. The molecule has 4 nitrogen and oxygen atoms in total. The molecule has 1 N–H and O–H groups in total. The third-order valence-corrected chi connectivity index (χ3v) is 9.64. The number of methoxy groups -OCH3 is 1. The quantitative estimate of drug-likeness (QED) is 0.0774. The van der Waals surface area contributed by atoms with E-state index in [1.807, 2.05) is 6.08 Å². The molecule has 1 aliphatic rings. The first-order valence-electron chi connectivity index (χ1n) is 18.5. The number of unbranched alkanes of at least 4 members (excludes halogenated alkanes) is 3. The summed E-state index contributed by atoms with van der Waals surface area (Å²) in [6.07, 6.45) is 24.0. The van der Waals surface area contributed by atoms with E-state index in [1.54, 1.807) is 14.0 Å². The molecule has 0 bridgehead atoms. The SMILES string of the molecule is C=CCCCC(CCCC/C(=C/C(=C/CCC)C(/C)=C/C=C(/C)C(C)C)c1cc(OC)c(OCC2CCNCC2)cc1C)CC(C)=O. The van der Waals surface area contributed by atoms with Crippen molar-refractivity contribution in [2.45, 2.75) is 126 Å². The highest BCUT2D eigenvalue weighted by atomic mass is 16.5. The van der Waals surface area contributed by atoms with Crippen LogP contribution in [0.5, 0.6) is 11.5 Å². The Bertz CT molecular complexity index is 1230. The van der Waals surface area contributed by atoms with Crippen molar-refractivity contribution in [3.63, 3.8) is 0 Å². The van der Waals surface area contributed by atoms with Crippen LogP contribution in [0.2, 0.25) is 0 Å². The molecule has 262 valence electrons. The molecule has 0 radical (unpaired) electrons. The van der Waals surface area contributed by atoms with Crippen LogP contribution in [-0.4, -0.2) is 32.6 Å². The number of hydrogen-bond donors (Lipinski definition) is 1. The van der Waals surface area contributed by atoms with Crippen LogP contribution in [-0.2, 0) is 4.79 Å². The van der Waals surface area contributed by atoms with Crippen molar-refractivity contribution in [1.29, 1.82) is 0 Å². The number of carbonyl (C=O) groups is 1. The summed E-state index contributed by atoms with van der Waals surface area (Å²) < 4.78 is 12.3. The maximum atomic E-state index is 12.0. The number of hydrogen-bond acceptors (Lipinski definition) is 4. The van der Waals surface area contributed by atoms with Crippen LogP contribution in [0.25, 0.3) is 5.57 Å². The molecule has 47 heavy (non-hydrogen) atoms. The third kappa shape index (κ3) is 15.3. The zero-order valence-corrected chi connectivity index (χ0v) is 31.3. The fourth-order valence-electron chi connectivity index (χ4n) is 6.24. The second kappa shape index (κ2) is 22.7. The van der Waals surface area contributed by atoms with Crippen molar-refractivity contribution in [1.82, 2.24) is 5.32 Å². The maximum absolute atomic E-state index is 12.0. The molecular weight excluding hydrogens is 578 g/mol. The molecule has 0 saturated carbocycles. The standard InChI is InChI=1S/C43H67NO3/c1-10-12-14-17-37(28-36(8)45)18-15-16-20-40(29-39(19-13-11-2)34(6)22-21-33(5)32(3)4)41-30-42(46-9)43(27-35(41)7)47-31-38-23-25-44-26-24-38/h10,19,21-22,27,29-30,32,37-38,44H,1,11-18,20,23-26,28,31H2,2-9H3/b33-21-,34-22+,39-19-,40-29-. The Morgan fingerprint density at radius 1 is 1.02 bits per heavy atom. The number of Topliss-reactive ketones (excluding diaryl/α,β-unsaturated/α-hetero) is 1. The maximum Gasteiger partial charge on any atom is 0.161 e. The van der Waals surface area contributed by atoms with Gasteiger partial charge in [0.1, 0.15) is 5.78 Å². The van der Waals surface area contributed by atoms with Gasteiger partial charge < -0.3 is 19.6 Å². The first-order valence-corrected chi connectivity index (χ1v) is 18.5. The minimum absolute atomic E-state index is 0.300. The molecule has 1 aromatic rings. The molecule has 0 aromatic heterocycles. The van der Waals surface area contributed by atoms with Crippen molar-refractivity contribution in [3.05, 3.63) is 76.9 Å². The van der Waals surface area contributed by atoms with E-state index in [9.17, 15) is 4.79 Å². The molecule has 2 rings (SSSR count). The van der Waals surface area contributed by atoms with Crippen molar-refractivity contribution in [2.24, 2.45) is 17.8 Å². The van der Waals surface area contributed by atoms with E-state index in [4.69, 9.17) is 9.47 Å². The van der Waals surface area contributed by atoms with Crippen LogP contribution < -0.4 is 14.8 Å². The van der Waals surface area contributed by atoms with Crippen molar-refractivity contribution >= 4 is 11.4 Å². The summed E-state index contributed by atoms with van der Waals surface area (Å²) in [6, 6.07) is 4.38. The molecule has 4 heteroatoms. The normalized spacial score (nSPS) is 16.0. The van der Waals surface area contributed by atoms with Gasteiger partial charge in [0.25, 0.3) is 0 Å². The Labute approximate surface area is 288 Å². The zero-order chi connectivity index (χ0) is 34.6. The first-order chi connectivity index (χ1) is 22.6. The largest absolute Gasteiger partial charge is 0.493 e. The first kappa shape index (κ1) is 40.3. The van der Waals surface area contributed by atoms with E-state index < -0.39 is 0 Å². The van der Waals surface area contributed by atoms with Crippen LogP contribution in [0.15, 0.2) is 65.8 Å². The van der Waals surface area contributed by atoms with Crippen LogP contribution in [0.4, 0.5) is 0 Å². The van der Waals surface area contributed by atoms with Crippen molar-refractivity contribution < 1.29 is 14.3 Å². The molecule has 0 spiro atoms. The fourth-order valence-corrected chi connectivity index (χ4v) is 6.24. The summed E-state index contributed by atoms with van der Waals surface area (Å²) in [5.74, 6) is 3.51. The number of rotatable bonds is 22. The van der Waals surface area contributed by atoms with Gasteiger partial charge in [-0.1, -0.05) is 76.0 Å². The van der Waals surface area contributed by atoms with Gasteiger partial charge in [-0.05, 0) is 150 Å². The molecule has 1 aromatic carbocycles. The van der Waals surface area contributed by atoms with Crippen LogP contribution >= 0.6 is 0 Å². The molecule has 1 unspecified atom stereocenters. The number of aryl methyl sites for hydroxylation is 1. The Balaban J connectivity index is 2.44. The Morgan fingerprint density at radius 2 is 1.74 bits per heavy atom. The molecule has 1 fully saturated rings. The Kier molecular flexibility index (Phi) is 19.5. The topological polar surface area (TPSA) is 47.6 Å². The van der Waals surface area contributed by atoms with E-state index in [-0.39, 0.29) is 0 Å². The molecule has 0 amide bonds. The van der Waals surface area contributed by atoms with Gasteiger partial charge >= 0.3 is 0 Å². The van der Waals surface area contributed by atoms with Gasteiger partial charge in [-0.2, -0.15) is 0 Å². The van der Waals surface area contributed by atoms with Gasteiger partial charge in [0.05, 0.1) is 13.7 Å². The van der Waals surface area contributed by atoms with Gasteiger partial charge in [-0.25, -0.2) is 0 Å². The molecule has 1 heterocycles. The Hall–Kier alpha value is -2.85. The lowest BCUT2D eigenvalue weighted by atomic mass is 9.88. The van der Waals surface area contributed by atoms with Gasteiger partial charge in [0.2, 0.25) is 0 Å². The van der Waals surface area contributed by atoms with Crippen molar-refractivity contribution in [3.8, 4) is 11.5 Å². The summed E-state index contributed by atoms with van der Waals surface area (Å²) >= 11 is 0. The second-order valence-electron chi connectivity index (χ2n) is 14.1. The Morgan fingerprint density at radius 3 is 2.38 bits per heavy atom. The highest BCUT2D eigenvalue weighted by Crippen LogP contribution is 2.37. The average molecular weight is 646 g/mol. The van der Waals surface area contributed by atoms with E-state index in [0.717, 1.165) is 102 Å². The third-order valence-electron chi connectivity index (χ3n) is 9.64. The summed E-state index contributed by atoms with van der Waals surface area (Å²) in [7, 11) is 1.75. The average Bonchev–Trinajstić information content (AvgIpc) is 3.05. The molecule has 1 atom stereocenters. The predicted molar refractivity (Wildman–Crippen MR) is 203 cm³/mol. The number of carbonyl (C=O) groups excluding carboxylic acids is 1. The smallest absolute Gasteiger partial charge is 0.161 e. The minimum Gasteiger partial charge on any atom is -0.493 e.